The second-order valence-corrected chi connectivity index (χ2v) is 12.0. The Morgan fingerprint density at radius 3 is 2.09 bits per heavy atom. The highest BCUT2D eigenvalue weighted by Gasteiger charge is 2.45. The zero-order valence-corrected chi connectivity index (χ0v) is 26.4. The Morgan fingerprint density at radius 1 is 0.870 bits per heavy atom. The van der Waals surface area contributed by atoms with Gasteiger partial charge in [-0.2, -0.15) is 0 Å². The number of hydrogen-bond acceptors (Lipinski definition) is 12. The lowest BCUT2D eigenvalue weighted by molar-refractivity contribution is -0.269. The van der Waals surface area contributed by atoms with E-state index < -0.39 is 73.0 Å². The molecule has 6 N–H and O–H groups in total. The third-order valence-corrected chi connectivity index (χ3v) is 8.24. The Bertz CT molecular complexity index is 1040. The van der Waals surface area contributed by atoms with Gasteiger partial charge in [-0.3, -0.25) is 19.2 Å². The Labute approximate surface area is 268 Å². The Balaban J connectivity index is 1.47. The number of amides is 3. The molecule has 0 aromatic carbocycles. The van der Waals surface area contributed by atoms with Crippen molar-refractivity contribution in [3.05, 3.63) is 12.2 Å². The van der Waals surface area contributed by atoms with Crippen molar-refractivity contribution in [2.45, 2.75) is 133 Å². The predicted molar refractivity (Wildman–Crippen MR) is 161 cm³/mol. The molecule has 2 aliphatic carbocycles. The SMILES string of the molecule is CC(=O)N[C@H]1[C@H](OCCNC(=O)/C=C/C(=O)N[C@@H](CCC(=O)OC2CCCCC2)C(=O)OC2CCCCC2)O[C@H](CO)[C@H](O)[C@@H]1O. The second kappa shape index (κ2) is 19.5. The fraction of sp³-hybridized carbons (Fsp3) is 0.774. The molecule has 3 amide bonds. The first-order chi connectivity index (χ1) is 22.1. The topological polar surface area (TPSA) is 219 Å². The standard InChI is InChI=1S/C31H49N3O12/c1-19(36)33-27-29(41)28(40)23(18-35)46-31(27)43-17-16-32-24(37)13-14-25(38)34-22(30(42)45-21-10-6-3-7-11-21)12-15-26(39)44-20-8-4-2-5-9-20/h13-14,20-23,27-29,31,35,40-41H,2-12,15-18H2,1H3,(H,32,37)(H,33,36)(H,34,38)/b14-13+/t22-,23+,27+,28-,29+,31+/m0/s1. The van der Waals surface area contributed by atoms with Crippen molar-refractivity contribution in [1.82, 2.24) is 16.0 Å². The average molecular weight is 656 g/mol. The Hall–Kier alpha value is -3.11. The van der Waals surface area contributed by atoms with Gasteiger partial charge >= 0.3 is 11.9 Å². The van der Waals surface area contributed by atoms with Gasteiger partial charge in [0.15, 0.2) is 6.29 Å². The summed E-state index contributed by atoms with van der Waals surface area (Å²) in [5.41, 5.74) is 0. The minimum Gasteiger partial charge on any atom is -0.462 e. The summed E-state index contributed by atoms with van der Waals surface area (Å²) in [5, 5.41) is 37.3. The van der Waals surface area contributed by atoms with Gasteiger partial charge in [-0.1, -0.05) is 12.8 Å². The summed E-state index contributed by atoms with van der Waals surface area (Å²) in [4.78, 5) is 61.9. The molecule has 2 saturated carbocycles. The summed E-state index contributed by atoms with van der Waals surface area (Å²) >= 11 is 0. The van der Waals surface area contributed by atoms with E-state index in [1.54, 1.807) is 0 Å². The van der Waals surface area contributed by atoms with Gasteiger partial charge in [0, 0.05) is 32.0 Å². The zero-order chi connectivity index (χ0) is 33.5. The second-order valence-electron chi connectivity index (χ2n) is 12.0. The summed E-state index contributed by atoms with van der Waals surface area (Å²) < 4.78 is 22.2. The van der Waals surface area contributed by atoms with Gasteiger partial charge in [-0.25, -0.2) is 4.79 Å². The van der Waals surface area contributed by atoms with E-state index in [1.165, 1.54) is 6.92 Å². The third kappa shape index (κ3) is 12.6. The molecule has 0 radical (unpaired) electrons. The van der Waals surface area contributed by atoms with Crippen LogP contribution in [-0.2, 0) is 42.9 Å². The van der Waals surface area contributed by atoms with Gasteiger partial charge in [0.05, 0.1) is 13.2 Å². The number of nitrogens with one attached hydrogen (secondary N) is 3. The van der Waals surface area contributed by atoms with E-state index in [-0.39, 0.29) is 38.2 Å². The highest BCUT2D eigenvalue weighted by Crippen LogP contribution is 2.24. The van der Waals surface area contributed by atoms with E-state index in [2.05, 4.69) is 16.0 Å². The highest BCUT2D eigenvalue weighted by atomic mass is 16.7. The Morgan fingerprint density at radius 2 is 1.48 bits per heavy atom. The van der Waals surface area contributed by atoms with Gasteiger partial charge in [0.25, 0.3) is 0 Å². The van der Waals surface area contributed by atoms with E-state index >= 15 is 0 Å². The van der Waals surface area contributed by atoms with Crippen LogP contribution in [0.1, 0.15) is 84.0 Å². The van der Waals surface area contributed by atoms with Gasteiger partial charge in [0.2, 0.25) is 17.7 Å². The fourth-order valence-electron chi connectivity index (χ4n) is 5.76. The molecule has 6 atom stereocenters. The van der Waals surface area contributed by atoms with Crippen LogP contribution in [-0.4, -0.2) is 114 Å². The van der Waals surface area contributed by atoms with Crippen molar-refractivity contribution < 1.29 is 58.2 Å². The molecule has 3 aliphatic rings. The lowest BCUT2D eigenvalue weighted by atomic mass is 9.97. The molecule has 3 rings (SSSR count). The molecular formula is C31H49N3O12. The molecule has 0 aromatic heterocycles. The first-order valence-electron chi connectivity index (χ1n) is 16.2. The number of ether oxygens (including phenoxy) is 4. The maximum atomic E-state index is 13.0. The third-order valence-electron chi connectivity index (χ3n) is 8.24. The molecule has 0 unspecified atom stereocenters. The first-order valence-corrected chi connectivity index (χ1v) is 16.2. The molecule has 260 valence electrons. The average Bonchev–Trinajstić information content (AvgIpc) is 3.04. The molecule has 1 heterocycles. The van der Waals surface area contributed by atoms with E-state index in [4.69, 9.17) is 18.9 Å². The van der Waals surface area contributed by atoms with Gasteiger partial charge in [-0.15, -0.1) is 0 Å². The van der Waals surface area contributed by atoms with Crippen LogP contribution >= 0.6 is 0 Å². The van der Waals surface area contributed by atoms with Crippen LogP contribution in [0.3, 0.4) is 0 Å². The van der Waals surface area contributed by atoms with Gasteiger partial charge in [0.1, 0.15) is 42.6 Å². The number of carbonyl (C=O) groups excluding carboxylic acids is 5. The molecule has 1 saturated heterocycles. The van der Waals surface area contributed by atoms with E-state index in [0.29, 0.717) is 0 Å². The Kier molecular flexibility index (Phi) is 15.9. The van der Waals surface area contributed by atoms with Gasteiger partial charge in [-0.05, 0) is 57.8 Å². The quantitative estimate of drug-likeness (QED) is 0.0757. The molecule has 15 nitrogen and oxygen atoms in total. The lowest BCUT2D eigenvalue weighted by Crippen LogP contribution is -2.64. The fourth-order valence-corrected chi connectivity index (χ4v) is 5.76. The molecule has 1 aliphatic heterocycles. The molecule has 0 spiro atoms. The van der Waals surface area contributed by atoms with Crippen molar-refractivity contribution in [3.8, 4) is 0 Å². The van der Waals surface area contributed by atoms with Crippen LogP contribution in [0.4, 0.5) is 0 Å². The number of rotatable bonds is 15. The zero-order valence-electron chi connectivity index (χ0n) is 26.4. The number of carbonyl (C=O) groups is 5. The van der Waals surface area contributed by atoms with Crippen LogP contribution in [0.15, 0.2) is 12.2 Å². The summed E-state index contributed by atoms with van der Waals surface area (Å²) in [7, 11) is 0. The number of aliphatic hydroxyl groups is 3. The molecule has 0 bridgehead atoms. The maximum Gasteiger partial charge on any atom is 0.328 e. The largest absolute Gasteiger partial charge is 0.462 e. The van der Waals surface area contributed by atoms with Crippen molar-refractivity contribution in [3.63, 3.8) is 0 Å². The van der Waals surface area contributed by atoms with Crippen LogP contribution in [0, 0.1) is 0 Å². The maximum absolute atomic E-state index is 13.0. The molecule has 46 heavy (non-hydrogen) atoms. The molecular weight excluding hydrogens is 606 g/mol. The number of aliphatic hydroxyl groups excluding tert-OH is 3. The summed E-state index contributed by atoms with van der Waals surface area (Å²) in [6.45, 7) is 0.419. The van der Waals surface area contributed by atoms with Crippen LogP contribution in [0.25, 0.3) is 0 Å². The number of hydrogen-bond donors (Lipinski definition) is 6. The summed E-state index contributed by atoms with van der Waals surface area (Å²) in [5.74, 6) is -2.95. The first kappa shape index (κ1) is 37.3. The van der Waals surface area contributed by atoms with Crippen molar-refractivity contribution in [1.29, 1.82) is 0 Å². The van der Waals surface area contributed by atoms with Crippen LogP contribution < -0.4 is 16.0 Å². The lowest BCUT2D eigenvalue weighted by Gasteiger charge is -2.42. The molecule has 0 aromatic rings. The molecule has 3 fully saturated rings. The van der Waals surface area contributed by atoms with E-state index in [9.17, 15) is 39.3 Å². The van der Waals surface area contributed by atoms with E-state index in [0.717, 1.165) is 76.4 Å². The number of esters is 2. The van der Waals surface area contributed by atoms with Crippen molar-refractivity contribution in [2.75, 3.05) is 19.8 Å². The minimum atomic E-state index is -1.47. The van der Waals surface area contributed by atoms with Crippen LogP contribution in [0.2, 0.25) is 0 Å². The van der Waals surface area contributed by atoms with E-state index in [1.807, 2.05) is 0 Å². The summed E-state index contributed by atoms with van der Waals surface area (Å²) in [6, 6.07) is -2.22. The van der Waals surface area contributed by atoms with Crippen LogP contribution in [0.5, 0.6) is 0 Å². The predicted octanol–water partition coefficient (Wildman–Crippen LogP) is -0.364. The van der Waals surface area contributed by atoms with Crippen molar-refractivity contribution in [2.24, 2.45) is 0 Å². The van der Waals surface area contributed by atoms with Crippen molar-refractivity contribution >= 4 is 29.7 Å². The monoisotopic (exact) mass is 655 g/mol. The van der Waals surface area contributed by atoms with Gasteiger partial charge < -0.3 is 50.2 Å². The summed E-state index contributed by atoms with van der Waals surface area (Å²) in [6.07, 6.45) is 5.40. The normalized spacial score (nSPS) is 26.6. The smallest absolute Gasteiger partial charge is 0.328 e. The minimum absolute atomic E-state index is 0.00813. The highest BCUT2D eigenvalue weighted by molar-refractivity contribution is 5.98. The molecule has 15 heteroatoms.